The third-order valence-electron chi connectivity index (χ3n) is 3.87. The summed E-state index contributed by atoms with van der Waals surface area (Å²) in [5, 5.41) is 0. The van der Waals surface area contributed by atoms with Crippen molar-refractivity contribution in [2.75, 3.05) is 17.8 Å². The van der Waals surface area contributed by atoms with Crippen LogP contribution in [0.3, 0.4) is 0 Å². The van der Waals surface area contributed by atoms with Gasteiger partial charge < -0.3 is 0 Å². The fourth-order valence-corrected chi connectivity index (χ4v) is 3.68. The van der Waals surface area contributed by atoms with Gasteiger partial charge >= 0.3 is 0 Å². The van der Waals surface area contributed by atoms with Crippen LogP contribution in [-0.2, 0) is 33.0 Å². The Balaban J connectivity index is 1.92. The average molecular weight is 401 g/mol. The molecule has 142 valence electrons. The lowest BCUT2D eigenvalue weighted by molar-refractivity contribution is -0.697. The highest BCUT2D eigenvalue weighted by atomic mass is 32.2. The lowest BCUT2D eigenvalue weighted by Crippen LogP contribution is -2.34. The number of sulfone groups is 1. The summed E-state index contributed by atoms with van der Waals surface area (Å²) in [6.45, 7) is 1.16. The molecule has 26 heavy (non-hydrogen) atoms. The van der Waals surface area contributed by atoms with E-state index in [1.807, 2.05) is 58.2 Å². The van der Waals surface area contributed by atoms with E-state index in [2.05, 4.69) is 0 Å². The van der Waals surface area contributed by atoms with Crippen LogP contribution in [0.1, 0.15) is 12.8 Å². The van der Waals surface area contributed by atoms with E-state index in [1.165, 1.54) is 6.26 Å². The minimum absolute atomic E-state index is 0.179. The molecule has 0 saturated heterocycles. The zero-order valence-corrected chi connectivity index (χ0v) is 16.3. The molecular formula is C17H24N2O5S2+2. The van der Waals surface area contributed by atoms with Crippen LogP contribution in [-0.4, -0.2) is 39.1 Å². The van der Waals surface area contributed by atoms with E-state index < -0.39 is 20.0 Å². The van der Waals surface area contributed by atoms with Crippen molar-refractivity contribution in [2.24, 2.45) is 0 Å². The molecule has 0 radical (unpaired) electrons. The van der Waals surface area contributed by atoms with Crippen molar-refractivity contribution in [1.29, 1.82) is 0 Å². The standard InChI is InChI=1S/C17H23N2O5S2/c1-25(20,21)14-2-8-18-10-4-16(5-11-18)17-6-12-19(13-7-17)9-3-15-26(22,23)24/h4-7,10-13H,2-3,8-9,14-15H2,1H3/q+1/p+1. The predicted octanol–water partition coefficient (Wildman–Crippen LogP) is 0.641. The highest BCUT2D eigenvalue weighted by molar-refractivity contribution is 7.90. The molecule has 2 heterocycles. The Kier molecular flexibility index (Phi) is 6.85. The van der Waals surface area contributed by atoms with Gasteiger partial charge in [-0.2, -0.15) is 8.42 Å². The van der Waals surface area contributed by atoms with Crippen LogP contribution in [0.4, 0.5) is 0 Å². The molecule has 2 rings (SSSR count). The smallest absolute Gasteiger partial charge is 0.265 e. The van der Waals surface area contributed by atoms with Gasteiger partial charge in [-0.25, -0.2) is 17.6 Å². The number of nitrogens with zero attached hydrogens (tertiary/aromatic N) is 2. The van der Waals surface area contributed by atoms with Crippen molar-refractivity contribution in [2.45, 2.75) is 25.9 Å². The van der Waals surface area contributed by atoms with E-state index in [9.17, 15) is 16.8 Å². The maximum Gasteiger partial charge on any atom is 0.265 e. The molecule has 0 aliphatic carbocycles. The maximum atomic E-state index is 11.1. The third kappa shape index (κ3) is 7.59. The van der Waals surface area contributed by atoms with Crippen LogP contribution in [0.5, 0.6) is 0 Å². The van der Waals surface area contributed by atoms with E-state index in [1.54, 1.807) is 0 Å². The molecule has 0 bridgehead atoms. The minimum atomic E-state index is -3.91. The number of rotatable bonds is 9. The van der Waals surface area contributed by atoms with Crippen LogP contribution in [0, 0.1) is 0 Å². The molecule has 9 heteroatoms. The Labute approximate surface area is 154 Å². The molecule has 0 aliphatic heterocycles. The van der Waals surface area contributed by atoms with Crippen molar-refractivity contribution in [3.8, 4) is 11.1 Å². The third-order valence-corrected chi connectivity index (χ3v) is 5.70. The largest absolute Gasteiger partial charge is 0.286 e. The molecule has 0 spiro atoms. The lowest BCUT2D eigenvalue weighted by atomic mass is 10.1. The van der Waals surface area contributed by atoms with Gasteiger partial charge in [-0.05, 0) is 11.1 Å². The molecule has 0 atom stereocenters. The SMILES string of the molecule is CS(=O)(=O)CCC[n+]1ccc(-c2cc[n+](CCCS(=O)(=O)O)cc2)cc1. The molecule has 0 fully saturated rings. The van der Waals surface area contributed by atoms with Gasteiger partial charge in [0, 0.05) is 43.4 Å². The van der Waals surface area contributed by atoms with Gasteiger partial charge in [-0.1, -0.05) is 0 Å². The topological polar surface area (TPSA) is 96.3 Å². The van der Waals surface area contributed by atoms with Crippen molar-refractivity contribution < 1.29 is 30.5 Å². The Morgan fingerprint density at radius 3 is 1.50 bits per heavy atom. The number of aryl methyl sites for hydroxylation is 2. The van der Waals surface area contributed by atoms with Crippen molar-refractivity contribution in [3.63, 3.8) is 0 Å². The maximum absolute atomic E-state index is 11.1. The highest BCUT2D eigenvalue weighted by Gasteiger charge is 2.09. The molecule has 7 nitrogen and oxygen atoms in total. The summed E-state index contributed by atoms with van der Waals surface area (Å²) in [6.07, 6.45) is 9.75. The molecular weight excluding hydrogens is 376 g/mol. The summed E-state index contributed by atoms with van der Waals surface area (Å²) < 4.78 is 56.3. The summed E-state index contributed by atoms with van der Waals surface area (Å²) in [5.74, 6) is -0.0716. The van der Waals surface area contributed by atoms with Crippen LogP contribution < -0.4 is 9.13 Å². The van der Waals surface area contributed by atoms with E-state index in [4.69, 9.17) is 4.55 Å². The first-order chi connectivity index (χ1) is 12.1. The molecule has 0 unspecified atom stereocenters. The summed E-state index contributed by atoms with van der Waals surface area (Å²) >= 11 is 0. The van der Waals surface area contributed by atoms with Crippen molar-refractivity contribution >= 4 is 20.0 Å². The van der Waals surface area contributed by atoms with E-state index in [0.29, 0.717) is 25.9 Å². The Morgan fingerprint density at radius 1 is 0.769 bits per heavy atom. The van der Waals surface area contributed by atoms with Gasteiger partial charge in [0.25, 0.3) is 10.1 Å². The molecule has 0 saturated carbocycles. The number of hydrogen-bond donors (Lipinski definition) is 1. The summed E-state index contributed by atoms with van der Waals surface area (Å²) in [5.41, 5.74) is 2.06. The van der Waals surface area contributed by atoms with Crippen LogP contribution in [0.15, 0.2) is 49.1 Å². The van der Waals surface area contributed by atoms with Crippen molar-refractivity contribution in [3.05, 3.63) is 49.1 Å². The molecule has 0 amide bonds. The molecule has 2 aromatic rings. The zero-order valence-electron chi connectivity index (χ0n) is 14.7. The molecule has 1 N–H and O–H groups in total. The van der Waals surface area contributed by atoms with E-state index in [-0.39, 0.29) is 11.5 Å². The van der Waals surface area contributed by atoms with Gasteiger partial charge in [0.15, 0.2) is 24.8 Å². The second kappa shape index (κ2) is 8.70. The van der Waals surface area contributed by atoms with Gasteiger partial charge in [0.1, 0.15) is 22.9 Å². The Bertz CT molecular complexity index is 843. The van der Waals surface area contributed by atoms with Gasteiger partial charge in [-0.3, -0.25) is 4.55 Å². The second-order valence-electron chi connectivity index (χ2n) is 6.27. The summed E-state index contributed by atoms with van der Waals surface area (Å²) in [7, 11) is -6.84. The molecule has 0 aromatic carbocycles. The van der Waals surface area contributed by atoms with Gasteiger partial charge in [-0.15, -0.1) is 0 Å². The fraction of sp³-hybridized carbons (Fsp3) is 0.412. The van der Waals surface area contributed by atoms with E-state index in [0.717, 1.165) is 11.1 Å². The summed E-state index contributed by atoms with van der Waals surface area (Å²) in [6, 6.07) is 7.82. The van der Waals surface area contributed by atoms with Gasteiger partial charge in [0.05, 0.1) is 11.5 Å². The number of pyridine rings is 2. The molecule has 2 aromatic heterocycles. The normalized spacial score (nSPS) is 12.2. The predicted molar refractivity (Wildman–Crippen MR) is 97.6 cm³/mol. The number of aromatic nitrogens is 2. The quantitative estimate of drug-likeness (QED) is 0.492. The zero-order chi connectivity index (χ0) is 19.2. The van der Waals surface area contributed by atoms with Gasteiger partial charge in [0.2, 0.25) is 0 Å². The average Bonchev–Trinajstić information content (AvgIpc) is 2.54. The molecule has 0 aliphatic rings. The number of hydrogen-bond acceptors (Lipinski definition) is 4. The summed E-state index contributed by atoms with van der Waals surface area (Å²) in [4.78, 5) is 0. The highest BCUT2D eigenvalue weighted by Crippen LogP contribution is 2.15. The van der Waals surface area contributed by atoms with Crippen molar-refractivity contribution in [1.82, 2.24) is 0 Å². The second-order valence-corrected chi connectivity index (χ2v) is 10.1. The lowest BCUT2D eigenvalue weighted by Gasteiger charge is -2.02. The first kappa shape index (κ1) is 20.5. The van der Waals surface area contributed by atoms with E-state index >= 15 is 0 Å². The monoisotopic (exact) mass is 400 g/mol. The Hall–Kier alpha value is -1.84. The van der Waals surface area contributed by atoms with Crippen LogP contribution >= 0.6 is 0 Å². The van der Waals surface area contributed by atoms with Crippen LogP contribution in [0.2, 0.25) is 0 Å². The first-order valence-corrected chi connectivity index (χ1v) is 11.9. The minimum Gasteiger partial charge on any atom is -0.286 e. The fourth-order valence-electron chi connectivity index (χ4n) is 2.54. The first-order valence-electron chi connectivity index (χ1n) is 8.24. The van der Waals surface area contributed by atoms with Crippen LogP contribution in [0.25, 0.3) is 11.1 Å². The Morgan fingerprint density at radius 2 is 1.15 bits per heavy atom.